The van der Waals surface area contributed by atoms with Crippen LogP contribution in [-0.2, 0) is 10.0 Å². The molecule has 0 fully saturated rings. The van der Waals surface area contributed by atoms with Crippen molar-refractivity contribution in [2.75, 3.05) is 5.43 Å². The summed E-state index contributed by atoms with van der Waals surface area (Å²) >= 11 is 0. The van der Waals surface area contributed by atoms with Crippen molar-refractivity contribution >= 4 is 15.8 Å². The van der Waals surface area contributed by atoms with Crippen LogP contribution in [0.5, 0.6) is 0 Å². The summed E-state index contributed by atoms with van der Waals surface area (Å²) in [6.07, 6.45) is 1.39. The predicted octanol–water partition coefficient (Wildman–Crippen LogP) is 2.60. The quantitative estimate of drug-likeness (QED) is 0.785. The number of hydrogen-bond donors (Lipinski definition) is 2. The maximum Gasteiger partial charge on any atom is 0.245 e. The van der Waals surface area contributed by atoms with E-state index >= 15 is 0 Å². The zero-order valence-corrected chi connectivity index (χ0v) is 15.3. The third-order valence-corrected chi connectivity index (χ3v) is 5.13. The van der Waals surface area contributed by atoms with Gasteiger partial charge in [0, 0.05) is 23.8 Å². The number of rotatable bonds is 6. The normalized spacial score (nSPS) is 13.2. The fourth-order valence-electron chi connectivity index (χ4n) is 2.13. The van der Waals surface area contributed by atoms with E-state index in [1.54, 1.807) is 12.1 Å². The van der Waals surface area contributed by atoms with Gasteiger partial charge >= 0.3 is 0 Å². The topological polar surface area (TPSA) is 74.3 Å². The molecule has 0 bridgehead atoms. The van der Waals surface area contributed by atoms with Gasteiger partial charge in [-0.15, -0.1) is 0 Å². The van der Waals surface area contributed by atoms with Crippen molar-refractivity contribution in [1.82, 2.24) is 14.7 Å². The summed E-state index contributed by atoms with van der Waals surface area (Å²) in [4.78, 5) is 4.37. The van der Waals surface area contributed by atoms with E-state index < -0.39 is 10.0 Å². The third kappa shape index (κ3) is 4.93. The molecule has 1 aromatic rings. The van der Waals surface area contributed by atoms with Gasteiger partial charge in [-0.25, -0.2) is 18.8 Å². The van der Waals surface area contributed by atoms with Crippen molar-refractivity contribution in [3.05, 3.63) is 18.3 Å². The molecule has 126 valence electrons. The molecule has 0 atom stereocenters. The van der Waals surface area contributed by atoms with E-state index in [0.29, 0.717) is 5.82 Å². The van der Waals surface area contributed by atoms with Crippen LogP contribution in [0.3, 0.4) is 0 Å². The Morgan fingerprint density at radius 3 is 2.00 bits per heavy atom. The summed E-state index contributed by atoms with van der Waals surface area (Å²) < 4.78 is 26.9. The van der Waals surface area contributed by atoms with Crippen LogP contribution >= 0.6 is 0 Å². The van der Waals surface area contributed by atoms with Gasteiger partial charge in [0.15, 0.2) is 0 Å². The molecule has 0 radical (unpaired) electrons. The Bertz CT molecular complexity index is 567. The second-order valence-corrected chi connectivity index (χ2v) is 8.74. The third-order valence-electron chi connectivity index (χ3n) is 2.90. The van der Waals surface area contributed by atoms with E-state index in [-0.39, 0.29) is 22.5 Å². The Hall–Kier alpha value is -1.18. The van der Waals surface area contributed by atoms with E-state index in [2.05, 4.69) is 15.8 Å². The lowest BCUT2D eigenvalue weighted by Gasteiger charge is -2.29. The summed E-state index contributed by atoms with van der Waals surface area (Å²) in [6.45, 7) is 13.5. The van der Waals surface area contributed by atoms with E-state index in [4.69, 9.17) is 0 Å². The van der Waals surface area contributed by atoms with Crippen LogP contribution in [0.25, 0.3) is 0 Å². The first-order chi connectivity index (χ1) is 9.95. The van der Waals surface area contributed by atoms with Crippen molar-refractivity contribution in [1.29, 1.82) is 0 Å². The highest BCUT2D eigenvalue weighted by Crippen LogP contribution is 2.21. The number of hydrogen-bond acceptors (Lipinski definition) is 5. The summed E-state index contributed by atoms with van der Waals surface area (Å²) in [5, 5.41) is 0. The van der Waals surface area contributed by atoms with Crippen molar-refractivity contribution in [3.63, 3.8) is 0 Å². The molecule has 2 N–H and O–H groups in total. The van der Waals surface area contributed by atoms with Crippen LogP contribution in [0, 0.1) is 0 Å². The first-order valence-corrected chi connectivity index (χ1v) is 8.92. The van der Waals surface area contributed by atoms with E-state index in [1.165, 1.54) is 10.5 Å². The molecule has 7 heteroatoms. The molecular weight excluding hydrogens is 300 g/mol. The molecule has 0 aliphatic carbocycles. The lowest BCUT2D eigenvalue weighted by molar-refractivity contribution is 0.302. The molecule has 0 aliphatic rings. The average molecular weight is 328 g/mol. The zero-order chi connectivity index (χ0) is 17.1. The number of nitrogens with zero attached hydrogens (tertiary/aromatic N) is 2. The summed E-state index contributed by atoms with van der Waals surface area (Å²) in [5.74, 6) is 0.578. The molecular formula is C15H28N4O2S. The van der Waals surface area contributed by atoms with Gasteiger partial charge in [-0.3, -0.25) is 0 Å². The van der Waals surface area contributed by atoms with Crippen molar-refractivity contribution in [2.24, 2.45) is 0 Å². The molecule has 1 heterocycles. The maximum atomic E-state index is 12.7. The highest BCUT2D eigenvalue weighted by atomic mass is 32.2. The number of nitrogens with one attached hydrogen (secondary N) is 2. The molecule has 22 heavy (non-hydrogen) atoms. The number of aromatic nitrogens is 1. The van der Waals surface area contributed by atoms with Crippen LogP contribution < -0.4 is 10.9 Å². The Kier molecular flexibility index (Phi) is 5.95. The average Bonchev–Trinajstić information content (AvgIpc) is 2.34. The minimum absolute atomic E-state index is 0.106. The van der Waals surface area contributed by atoms with Crippen molar-refractivity contribution in [3.8, 4) is 0 Å². The second-order valence-electron chi connectivity index (χ2n) is 6.90. The Morgan fingerprint density at radius 2 is 1.64 bits per heavy atom. The Balaban J connectivity index is 2.98. The number of hydrazine groups is 1. The van der Waals surface area contributed by atoms with Crippen LogP contribution in [0.2, 0.25) is 0 Å². The molecule has 0 aliphatic heterocycles. The predicted molar refractivity (Wildman–Crippen MR) is 90.0 cm³/mol. The minimum Gasteiger partial charge on any atom is -0.305 e. The standard InChI is InChI=1S/C15H28N4O2S/c1-11(2)19(12(3)4)22(20,21)13-8-9-14(16-10-13)17-18-15(5,6)7/h8-12,18H,1-7H3,(H,16,17). The number of anilines is 1. The fraction of sp³-hybridized carbons (Fsp3) is 0.667. The summed E-state index contributed by atoms with van der Waals surface area (Å²) in [6, 6.07) is 3.02. The van der Waals surface area contributed by atoms with Crippen LogP contribution in [-0.4, -0.2) is 35.3 Å². The lowest BCUT2D eigenvalue weighted by Crippen LogP contribution is -2.42. The van der Waals surface area contributed by atoms with Gasteiger partial charge in [0.25, 0.3) is 0 Å². The van der Waals surface area contributed by atoms with Gasteiger partial charge in [-0.1, -0.05) is 0 Å². The molecule has 6 nitrogen and oxygen atoms in total. The van der Waals surface area contributed by atoms with E-state index in [1.807, 2.05) is 48.5 Å². The molecule has 0 spiro atoms. The van der Waals surface area contributed by atoms with Gasteiger partial charge < -0.3 is 5.43 Å². The van der Waals surface area contributed by atoms with Gasteiger partial charge in [0.1, 0.15) is 10.7 Å². The fourth-order valence-corrected chi connectivity index (χ4v) is 3.91. The second kappa shape index (κ2) is 6.93. The minimum atomic E-state index is -3.54. The molecule has 0 amide bonds. The van der Waals surface area contributed by atoms with Crippen molar-refractivity contribution in [2.45, 2.75) is 71.0 Å². The van der Waals surface area contributed by atoms with Gasteiger partial charge in [-0.2, -0.15) is 4.31 Å². The largest absolute Gasteiger partial charge is 0.305 e. The summed E-state index contributed by atoms with van der Waals surface area (Å²) in [5.41, 5.74) is 5.94. The Morgan fingerprint density at radius 1 is 1.09 bits per heavy atom. The van der Waals surface area contributed by atoms with E-state index in [9.17, 15) is 8.42 Å². The first-order valence-electron chi connectivity index (χ1n) is 7.48. The SMILES string of the molecule is CC(C)N(C(C)C)S(=O)(=O)c1ccc(NNC(C)(C)C)nc1. The molecule has 0 saturated heterocycles. The smallest absolute Gasteiger partial charge is 0.245 e. The highest BCUT2D eigenvalue weighted by molar-refractivity contribution is 7.89. The lowest BCUT2D eigenvalue weighted by atomic mass is 10.1. The molecule has 0 saturated carbocycles. The first kappa shape index (κ1) is 18.9. The molecule has 0 aromatic carbocycles. The molecule has 1 rings (SSSR count). The molecule has 1 aromatic heterocycles. The number of pyridine rings is 1. The summed E-state index contributed by atoms with van der Waals surface area (Å²) in [7, 11) is -3.54. The van der Waals surface area contributed by atoms with Crippen LogP contribution in [0.1, 0.15) is 48.5 Å². The number of sulfonamides is 1. The van der Waals surface area contributed by atoms with Gasteiger partial charge in [0.05, 0.1) is 0 Å². The monoisotopic (exact) mass is 328 g/mol. The van der Waals surface area contributed by atoms with E-state index in [0.717, 1.165) is 0 Å². The highest BCUT2D eigenvalue weighted by Gasteiger charge is 2.29. The molecule has 0 unspecified atom stereocenters. The maximum absolute atomic E-state index is 12.7. The zero-order valence-electron chi connectivity index (χ0n) is 14.5. The van der Waals surface area contributed by atoms with Crippen LogP contribution in [0.4, 0.5) is 5.82 Å². The van der Waals surface area contributed by atoms with Gasteiger partial charge in [0.2, 0.25) is 10.0 Å². The van der Waals surface area contributed by atoms with Crippen LogP contribution in [0.15, 0.2) is 23.2 Å². The van der Waals surface area contributed by atoms with Gasteiger partial charge in [-0.05, 0) is 60.6 Å². The van der Waals surface area contributed by atoms with Crippen molar-refractivity contribution < 1.29 is 8.42 Å². The Labute approximate surface area is 134 Å².